The van der Waals surface area contributed by atoms with Crippen LogP contribution in [0.2, 0.25) is 0 Å². The van der Waals surface area contributed by atoms with E-state index in [4.69, 9.17) is 4.99 Å². The number of benzene rings is 3. The first-order valence-electron chi connectivity index (χ1n) is 16.2. The number of H-pyrrole nitrogens is 1. The first kappa shape index (κ1) is 27.3. The zero-order valence-corrected chi connectivity index (χ0v) is 25.1. The van der Waals surface area contributed by atoms with Crippen molar-refractivity contribution in [3.63, 3.8) is 0 Å². The molecule has 4 aromatic rings. The number of aliphatic imine (C=N–C) groups is 1. The van der Waals surface area contributed by atoms with Gasteiger partial charge in [-0.3, -0.25) is 24.4 Å². The summed E-state index contributed by atoms with van der Waals surface area (Å²) in [5.41, 5.74) is 5.01. The summed E-state index contributed by atoms with van der Waals surface area (Å²) in [6.07, 6.45) is 6.41. The molecule has 1 unspecified atom stereocenters. The van der Waals surface area contributed by atoms with Gasteiger partial charge in [-0.1, -0.05) is 60.7 Å². The summed E-state index contributed by atoms with van der Waals surface area (Å²) in [5, 5.41) is 1.19. The number of likely N-dealkylation sites (tertiary alicyclic amines) is 2. The number of amides is 2. The van der Waals surface area contributed by atoms with Crippen molar-refractivity contribution in [2.75, 3.05) is 32.7 Å². The highest BCUT2D eigenvalue weighted by molar-refractivity contribution is 6.15. The van der Waals surface area contributed by atoms with Crippen molar-refractivity contribution >= 4 is 28.6 Å². The molecule has 8 rings (SSSR count). The Kier molecular flexibility index (Phi) is 6.86. The number of rotatable bonds is 7. The van der Waals surface area contributed by atoms with Gasteiger partial charge in [0.05, 0.1) is 0 Å². The Morgan fingerprint density at radius 2 is 1.61 bits per heavy atom. The van der Waals surface area contributed by atoms with Gasteiger partial charge in [0, 0.05) is 62.5 Å². The van der Waals surface area contributed by atoms with E-state index in [9.17, 15) is 9.59 Å². The smallest absolute Gasteiger partial charge is 0.256 e. The molecule has 3 aromatic carbocycles. The lowest BCUT2D eigenvalue weighted by molar-refractivity contribution is -0.133. The number of hydrogen-bond acceptors (Lipinski definition) is 4. The number of piperidine rings is 1. The number of amidine groups is 1. The number of carbonyl (C=O) groups is 2. The van der Waals surface area contributed by atoms with Crippen LogP contribution in [0.25, 0.3) is 22.0 Å². The van der Waals surface area contributed by atoms with Gasteiger partial charge < -0.3 is 9.88 Å². The molecule has 3 fully saturated rings. The molecule has 4 heterocycles. The standard InChI is InChI=1S/C37H39N5O2/c43-35(30-10-11-30)41-19-15-27(24-41)25-42-34(29-8-6-28(7-9-29)31-12-13-33-32(22-31)14-18-38-33)39-37(36(42)44)16-20-40(21-17-37)23-26-4-2-1-3-5-26/h1-9,12-14,18,22,27,30,38H,10-11,15-17,19-21,23-25H2. The number of fused-ring (bicyclic) bond motifs is 1. The molecule has 0 bridgehead atoms. The summed E-state index contributed by atoms with van der Waals surface area (Å²) >= 11 is 0. The lowest BCUT2D eigenvalue weighted by Crippen LogP contribution is -2.50. The predicted octanol–water partition coefficient (Wildman–Crippen LogP) is 5.72. The number of aromatic amines is 1. The van der Waals surface area contributed by atoms with Crippen molar-refractivity contribution in [3.05, 3.63) is 96.2 Å². The third-order valence-corrected chi connectivity index (χ3v) is 10.1. The van der Waals surface area contributed by atoms with E-state index in [-0.39, 0.29) is 17.7 Å². The summed E-state index contributed by atoms with van der Waals surface area (Å²) in [5.74, 6) is 1.75. The van der Waals surface area contributed by atoms with E-state index in [0.29, 0.717) is 12.5 Å². The van der Waals surface area contributed by atoms with Crippen LogP contribution in [0.3, 0.4) is 0 Å². The van der Waals surface area contributed by atoms with Crippen molar-refractivity contribution in [2.45, 2.75) is 44.2 Å². The average Bonchev–Trinajstić information content (AvgIpc) is 3.52. The van der Waals surface area contributed by atoms with Crippen molar-refractivity contribution in [1.29, 1.82) is 0 Å². The number of nitrogens with one attached hydrogen (secondary N) is 1. The molecule has 1 aromatic heterocycles. The molecule has 1 aliphatic carbocycles. The second-order valence-corrected chi connectivity index (χ2v) is 13.2. The first-order chi connectivity index (χ1) is 21.5. The predicted molar refractivity (Wildman–Crippen MR) is 173 cm³/mol. The van der Waals surface area contributed by atoms with Crippen LogP contribution in [0.1, 0.15) is 43.2 Å². The molecule has 7 nitrogen and oxygen atoms in total. The zero-order valence-electron chi connectivity index (χ0n) is 25.1. The molecule has 1 atom stereocenters. The summed E-state index contributed by atoms with van der Waals surface area (Å²) in [7, 11) is 0. The Bertz CT molecular complexity index is 1710. The van der Waals surface area contributed by atoms with E-state index in [2.05, 4.69) is 88.7 Å². The Hall–Kier alpha value is -4.23. The van der Waals surface area contributed by atoms with Crippen LogP contribution in [0.15, 0.2) is 90.1 Å². The molecule has 0 radical (unpaired) electrons. The maximum Gasteiger partial charge on any atom is 0.256 e. The minimum absolute atomic E-state index is 0.140. The summed E-state index contributed by atoms with van der Waals surface area (Å²) < 4.78 is 0. The number of nitrogens with zero attached hydrogens (tertiary/aromatic N) is 4. The molecule has 1 spiro atoms. The van der Waals surface area contributed by atoms with Crippen LogP contribution in [0.4, 0.5) is 0 Å². The maximum absolute atomic E-state index is 14.3. The van der Waals surface area contributed by atoms with Gasteiger partial charge in [0.2, 0.25) is 5.91 Å². The van der Waals surface area contributed by atoms with Crippen LogP contribution in [0, 0.1) is 11.8 Å². The van der Waals surface area contributed by atoms with Gasteiger partial charge in [-0.15, -0.1) is 0 Å². The van der Waals surface area contributed by atoms with E-state index >= 15 is 0 Å². The Balaban J connectivity index is 1.04. The van der Waals surface area contributed by atoms with Gasteiger partial charge >= 0.3 is 0 Å². The van der Waals surface area contributed by atoms with Crippen LogP contribution in [0.5, 0.6) is 0 Å². The SMILES string of the molecule is O=C(C1CC1)N1CCC(CN2C(=O)C3(CCN(Cc4ccccc4)CC3)N=C2c2ccc(-c3ccc4[nH]ccc4c3)cc2)C1. The second-order valence-electron chi connectivity index (χ2n) is 13.2. The van der Waals surface area contributed by atoms with Crippen molar-refractivity contribution in [1.82, 2.24) is 19.7 Å². The summed E-state index contributed by atoms with van der Waals surface area (Å²) in [6.45, 7) is 4.75. The van der Waals surface area contributed by atoms with Crippen LogP contribution in [-0.4, -0.2) is 75.6 Å². The molecule has 3 aliphatic heterocycles. The number of hydrogen-bond donors (Lipinski definition) is 1. The summed E-state index contributed by atoms with van der Waals surface area (Å²) in [6, 6.07) is 27.7. The van der Waals surface area contributed by atoms with Crippen molar-refractivity contribution in [3.8, 4) is 11.1 Å². The highest BCUT2D eigenvalue weighted by Gasteiger charge is 2.50. The average molecular weight is 586 g/mol. The quantitative estimate of drug-likeness (QED) is 0.302. The zero-order chi connectivity index (χ0) is 29.7. The maximum atomic E-state index is 14.3. The van der Waals surface area contributed by atoms with E-state index in [1.165, 1.54) is 16.5 Å². The third kappa shape index (κ3) is 5.13. The van der Waals surface area contributed by atoms with Crippen LogP contribution in [-0.2, 0) is 16.1 Å². The largest absolute Gasteiger partial charge is 0.361 e. The summed E-state index contributed by atoms with van der Waals surface area (Å²) in [4.78, 5) is 42.1. The highest BCUT2D eigenvalue weighted by atomic mass is 16.2. The van der Waals surface area contributed by atoms with Crippen molar-refractivity contribution < 1.29 is 9.59 Å². The fourth-order valence-electron chi connectivity index (χ4n) is 7.37. The van der Waals surface area contributed by atoms with Crippen LogP contribution >= 0.6 is 0 Å². The molecule has 2 amide bonds. The minimum atomic E-state index is -0.706. The monoisotopic (exact) mass is 585 g/mol. The second kappa shape index (κ2) is 11.0. The number of aromatic nitrogens is 1. The number of carbonyl (C=O) groups excluding carboxylic acids is 2. The Labute approximate surface area is 258 Å². The van der Waals surface area contributed by atoms with Crippen molar-refractivity contribution in [2.24, 2.45) is 16.8 Å². The van der Waals surface area contributed by atoms with Gasteiger partial charge in [0.1, 0.15) is 11.4 Å². The highest BCUT2D eigenvalue weighted by Crippen LogP contribution is 2.38. The Morgan fingerprint density at radius 1 is 0.864 bits per heavy atom. The van der Waals surface area contributed by atoms with Gasteiger partial charge in [0.25, 0.3) is 5.91 Å². The third-order valence-electron chi connectivity index (χ3n) is 10.1. The lowest BCUT2D eigenvalue weighted by Gasteiger charge is -2.36. The van der Waals surface area contributed by atoms with Gasteiger partial charge in [0.15, 0.2) is 0 Å². The van der Waals surface area contributed by atoms with Gasteiger partial charge in [-0.05, 0) is 78.3 Å². The molecule has 224 valence electrons. The molecule has 1 N–H and O–H groups in total. The fraction of sp³-hybridized carbons (Fsp3) is 0.378. The minimum Gasteiger partial charge on any atom is -0.361 e. The normalized spacial score (nSPS) is 21.9. The molecule has 1 saturated carbocycles. The molecular formula is C37H39N5O2. The van der Waals surface area contributed by atoms with Gasteiger partial charge in [-0.2, -0.15) is 0 Å². The molecule has 2 saturated heterocycles. The van der Waals surface area contributed by atoms with E-state index in [1.807, 2.05) is 16.0 Å². The van der Waals surface area contributed by atoms with Crippen LogP contribution < -0.4 is 0 Å². The molecule has 4 aliphatic rings. The van der Waals surface area contributed by atoms with E-state index in [1.54, 1.807) is 0 Å². The fourth-order valence-corrected chi connectivity index (χ4v) is 7.37. The van der Waals surface area contributed by atoms with Gasteiger partial charge in [-0.25, -0.2) is 0 Å². The lowest BCUT2D eigenvalue weighted by atomic mass is 9.87. The topological polar surface area (TPSA) is 72.0 Å². The molecule has 44 heavy (non-hydrogen) atoms. The van der Waals surface area contributed by atoms with E-state index < -0.39 is 5.54 Å². The Morgan fingerprint density at radius 3 is 2.39 bits per heavy atom. The van der Waals surface area contributed by atoms with E-state index in [0.717, 1.165) is 87.3 Å². The first-order valence-corrected chi connectivity index (χ1v) is 16.2. The molecule has 7 heteroatoms. The molecular weight excluding hydrogens is 546 g/mol.